The molecular weight excluding hydrogens is 204 g/mol. The van der Waals surface area contributed by atoms with Crippen LogP contribution in [-0.2, 0) is 6.54 Å². The highest BCUT2D eigenvalue weighted by molar-refractivity contribution is 5.63. The number of hydrogen-bond acceptors (Lipinski definition) is 4. The van der Waals surface area contributed by atoms with Gasteiger partial charge in [0.05, 0.1) is 12.7 Å². The molecule has 0 N–H and O–H groups in total. The molecule has 80 valence electrons. The predicted molar refractivity (Wildman–Crippen MR) is 58.6 cm³/mol. The second kappa shape index (κ2) is 4.45. The van der Waals surface area contributed by atoms with Crippen LogP contribution in [0.15, 0.2) is 24.3 Å². The fourth-order valence-corrected chi connectivity index (χ4v) is 1.42. The van der Waals surface area contributed by atoms with Crippen LogP contribution in [0.1, 0.15) is 0 Å². The number of methoxy groups -OCH3 is 1. The maximum Gasteiger partial charge on any atom is 0.186 e. The van der Waals surface area contributed by atoms with Crippen LogP contribution in [0.25, 0.3) is 11.4 Å². The van der Waals surface area contributed by atoms with Crippen molar-refractivity contribution in [3.05, 3.63) is 24.3 Å². The SMILES string of the molecule is C#CCn1nnnc1-c1ccccc1OC. The first-order valence-corrected chi connectivity index (χ1v) is 4.70. The molecule has 1 aromatic heterocycles. The molecule has 1 aromatic carbocycles. The third-order valence-electron chi connectivity index (χ3n) is 2.12. The van der Waals surface area contributed by atoms with Crippen LogP contribution in [-0.4, -0.2) is 27.3 Å². The summed E-state index contributed by atoms with van der Waals surface area (Å²) in [7, 11) is 1.61. The van der Waals surface area contributed by atoms with Gasteiger partial charge in [-0.2, -0.15) is 0 Å². The van der Waals surface area contributed by atoms with E-state index >= 15 is 0 Å². The van der Waals surface area contributed by atoms with Crippen LogP contribution >= 0.6 is 0 Å². The van der Waals surface area contributed by atoms with Gasteiger partial charge in [-0.25, -0.2) is 4.68 Å². The Bertz CT molecular complexity index is 527. The summed E-state index contributed by atoms with van der Waals surface area (Å²) >= 11 is 0. The molecule has 0 saturated carbocycles. The predicted octanol–water partition coefficient (Wildman–Crippen LogP) is 0.982. The minimum Gasteiger partial charge on any atom is -0.496 e. The third kappa shape index (κ3) is 1.73. The first kappa shape index (κ1) is 10.2. The summed E-state index contributed by atoms with van der Waals surface area (Å²) in [4.78, 5) is 0. The zero-order valence-electron chi connectivity index (χ0n) is 8.79. The quantitative estimate of drug-likeness (QED) is 0.715. The van der Waals surface area contributed by atoms with Gasteiger partial charge in [0, 0.05) is 0 Å². The molecule has 0 amide bonds. The van der Waals surface area contributed by atoms with Gasteiger partial charge in [0.2, 0.25) is 0 Å². The van der Waals surface area contributed by atoms with E-state index in [2.05, 4.69) is 21.4 Å². The lowest BCUT2D eigenvalue weighted by Gasteiger charge is -2.06. The maximum atomic E-state index is 5.24. The number of para-hydroxylation sites is 1. The molecule has 2 aromatic rings. The van der Waals surface area contributed by atoms with Gasteiger partial charge >= 0.3 is 0 Å². The highest BCUT2D eigenvalue weighted by Gasteiger charge is 2.12. The Morgan fingerprint density at radius 3 is 3.00 bits per heavy atom. The Morgan fingerprint density at radius 2 is 2.25 bits per heavy atom. The average molecular weight is 214 g/mol. The van der Waals surface area contributed by atoms with Gasteiger partial charge in [0.15, 0.2) is 5.82 Å². The standard InChI is InChI=1S/C11H10N4O/c1-3-8-15-11(12-13-14-15)9-6-4-5-7-10(9)16-2/h1,4-7H,8H2,2H3. The Labute approximate surface area is 93.0 Å². The Kier molecular flexibility index (Phi) is 2.83. The lowest BCUT2D eigenvalue weighted by atomic mass is 10.2. The number of aromatic nitrogens is 4. The molecule has 0 bridgehead atoms. The smallest absolute Gasteiger partial charge is 0.186 e. The van der Waals surface area contributed by atoms with Crippen LogP contribution < -0.4 is 4.74 Å². The monoisotopic (exact) mass is 214 g/mol. The molecule has 1 heterocycles. The van der Waals surface area contributed by atoms with Crippen molar-refractivity contribution in [2.24, 2.45) is 0 Å². The summed E-state index contributed by atoms with van der Waals surface area (Å²) in [5, 5.41) is 11.4. The summed E-state index contributed by atoms with van der Waals surface area (Å²) in [6.07, 6.45) is 5.24. The molecule has 0 unspecified atom stereocenters. The van der Waals surface area contributed by atoms with Gasteiger partial charge in [0.1, 0.15) is 12.3 Å². The number of terminal acetylenes is 1. The van der Waals surface area contributed by atoms with Crippen molar-refractivity contribution in [1.29, 1.82) is 0 Å². The molecule has 0 radical (unpaired) electrons. The fraction of sp³-hybridized carbons (Fsp3) is 0.182. The molecule has 0 atom stereocenters. The molecule has 0 aliphatic heterocycles. The van der Waals surface area contributed by atoms with E-state index < -0.39 is 0 Å². The molecule has 5 heteroatoms. The van der Waals surface area contributed by atoms with E-state index in [1.807, 2.05) is 24.3 Å². The van der Waals surface area contributed by atoms with Crippen molar-refractivity contribution < 1.29 is 4.74 Å². The normalized spacial score (nSPS) is 9.75. The molecule has 0 aliphatic rings. The zero-order chi connectivity index (χ0) is 11.4. The van der Waals surface area contributed by atoms with Crippen LogP contribution in [0.3, 0.4) is 0 Å². The van der Waals surface area contributed by atoms with E-state index in [0.717, 1.165) is 11.3 Å². The average Bonchev–Trinajstić information content (AvgIpc) is 2.77. The molecule has 16 heavy (non-hydrogen) atoms. The van der Waals surface area contributed by atoms with Crippen molar-refractivity contribution in [1.82, 2.24) is 20.2 Å². The van der Waals surface area contributed by atoms with E-state index in [9.17, 15) is 0 Å². The number of nitrogens with zero attached hydrogens (tertiary/aromatic N) is 4. The first-order valence-electron chi connectivity index (χ1n) is 4.70. The second-order valence-corrected chi connectivity index (χ2v) is 3.06. The zero-order valence-corrected chi connectivity index (χ0v) is 8.79. The van der Waals surface area contributed by atoms with Crippen LogP contribution in [0.2, 0.25) is 0 Å². The maximum absolute atomic E-state index is 5.24. The Morgan fingerprint density at radius 1 is 1.44 bits per heavy atom. The van der Waals surface area contributed by atoms with Crippen LogP contribution in [0.4, 0.5) is 0 Å². The van der Waals surface area contributed by atoms with Gasteiger partial charge in [0.25, 0.3) is 0 Å². The summed E-state index contributed by atoms with van der Waals surface area (Å²) in [5.41, 5.74) is 0.824. The summed E-state index contributed by atoms with van der Waals surface area (Å²) < 4.78 is 6.80. The minimum atomic E-state index is 0.334. The van der Waals surface area contributed by atoms with Crippen molar-refractivity contribution >= 4 is 0 Å². The van der Waals surface area contributed by atoms with Gasteiger partial charge in [-0.1, -0.05) is 18.1 Å². The second-order valence-electron chi connectivity index (χ2n) is 3.06. The number of benzene rings is 1. The number of hydrogen-bond donors (Lipinski definition) is 0. The lowest BCUT2D eigenvalue weighted by Crippen LogP contribution is -2.02. The van der Waals surface area contributed by atoms with Crippen molar-refractivity contribution in [3.8, 4) is 29.5 Å². The summed E-state index contributed by atoms with van der Waals surface area (Å²) in [6, 6.07) is 7.52. The highest BCUT2D eigenvalue weighted by Crippen LogP contribution is 2.26. The van der Waals surface area contributed by atoms with E-state index in [1.165, 1.54) is 0 Å². The van der Waals surface area contributed by atoms with Crippen LogP contribution in [0, 0.1) is 12.3 Å². The first-order chi connectivity index (χ1) is 7.86. The topological polar surface area (TPSA) is 52.8 Å². The minimum absolute atomic E-state index is 0.334. The van der Waals surface area contributed by atoms with Gasteiger partial charge in [-0.3, -0.25) is 0 Å². The molecule has 0 saturated heterocycles. The number of tetrazole rings is 1. The molecule has 0 fully saturated rings. The lowest BCUT2D eigenvalue weighted by molar-refractivity contribution is 0.416. The number of rotatable bonds is 3. The van der Waals surface area contributed by atoms with E-state index in [0.29, 0.717) is 12.4 Å². The van der Waals surface area contributed by atoms with Crippen molar-refractivity contribution in [3.63, 3.8) is 0 Å². The Balaban J connectivity index is 2.50. The van der Waals surface area contributed by atoms with E-state index in [1.54, 1.807) is 11.8 Å². The molecule has 2 rings (SSSR count). The molecule has 5 nitrogen and oxygen atoms in total. The largest absolute Gasteiger partial charge is 0.496 e. The molecule has 0 spiro atoms. The third-order valence-corrected chi connectivity index (χ3v) is 2.12. The summed E-state index contributed by atoms with van der Waals surface area (Å²) in [6.45, 7) is 0.334. The number of ether oxygens (including phenoxy) is 1. The van der Waals surface area contributed by atoms with Crippen molar-refractivity contribution in [2.75, 3.05) is 7.11 Å². The van der Waals surface area contributed by atoms with Gasteiger partial charge in [-0.15, -0.1) is 11.5 Å². The Hall–Kier alpha value is -2.35. The van der Waals surface area contributed by atoms with Gasteiger partial charge < -0.3 is 4.74 Å². The molecular formula is C11H10N4O. The summed E-state index contributed by atoms with van der Waals surface area (Å²) in [5.74, 6) is 3.82. The fourth-order valence-electron chi connectivity index (χ4n) is 1.42. The van der Waals surface area contributed by atoms with E-state index in [-0.39, 0.29) is 0 Å². The van der Waals surface area contributed by atoms with Crippen LogP contribution in [0.5, 0.6) is 5.75 Å². The van der Waals surface area contributed by atoms with E-state index in [4.69, 9.17) is 11.2 Å². The molecule has 0 aliphatic carbocycles. The van der Waals surface area contributed by atoms with Gasteiger partial charge in [-0.05, 0) is 22.6 Å². The highest BCUT2D eigenvalue weighted by atomic mass is 16.5. The van der Waals surface area contributed by atoms with Crippen molar-refractivity contribution in [2.45, 2.75) is 6.54 Å².